The van der Waals surface area contributed by atoms with Gasteiger partial charge in [-0.15, -0.1) is 0 Å². The van der Waals surface area contributed by atoms with Crippen LogP contribution in [0.4, 0.5) is 5.69 Å². The summed E-state index contributed by atoms with van der Waals surface area (Å²) in [6.45, 7) is 2.78. The van der Waals surface area contributed by atoms with Gasteiger partial charge in [-0.25, -0.2) is 0 Å². The van der Waals surface area contributed by atoms with Crippen LogP contribution in [0.5, 0.6) is 0 Å². The molecule has 0 bridgehead atoms. The van der Waals surface area contributed by atoms with Gasteiger partial charge < -0.3 is 15.4 Å². The molecule has 0 saturated heterocycles. The number of ether oxygens (including phenoxy) is 1. The van der Waals surface area contributed by atoms with Gasteiger partial charge in [-0.05, 0) is 31.9 Å². The summed E-state index contributed by atoms with van der Waals surface area (Å²) in [5.41, 5.74) is 1.37. The van der Waals surface area contributed by atoms with Gasteiger partial charge in [-0.3, -0.25) is 9.78 Å². The lowest BCUT2D eigenvalue weighted by atomic mass is 9.89. The number of nitrogens with zero attached hydrogens (tertiary/aromatic N) is 1. The summed E-state index contributed by atoms with van der Waals surface area (Å²) in [7, 11) is 1.60. The minimum absolute atomic E-state index is 0.167. The molecule has 0 spiro atoms. The summed E-state index contributed by atoms with van der Waals surface area (Å²) in [6.07, 6.45) is 4.07. The Balaban J connectivity index is 1.89. The quantitative estimate of drug-likeness (QED) is 0.828. The van der Waals surface area contributed by atoms with Gasteiger partial charge in [0.25, 0.3) is 5.91 Å². The molecule has 1 saturated carbocycles. The number of amides is 1. The number of carbonyl (C=O) groups is 1. The van der Waals surface area contributed by atoms with Gasteiger partial charge in [0.2, 0.25) is 0 Å². The molecular weight excluding hydrogens is 230 g/mol. The summed E-state index contributed by atoms with van der Waals surface area (Å²) < 4.78 is 5.51. The summed E-state index contributed by atoms with van der Waals surface area (Å²) >= 11 is 0. The highest BCUT2D eigenvalue weighted by atomic mass is 16.5. The Morgan fingerprint density at radius 3 is 3.00 bits per heavy atom. The highest BCUT2D eigenvalue weighted by Gasteiger charge is 2.29. The Kier molecular flexibility index (Phi) is 4.15. The van der Waals surface area contributed by atoms with Crippen LogP contribution in [0.2, 0.25) is 0 Å². The van der Waals surface area contributed by atoms with Gasteiger partial charge in [0.05, 0.1) is 6.10 Å². The van der Waals surface area contributed by atoms with E-state index in [9.17, 15) is 4.79 Å². The second-order valence-electron chi connectivity index (χ2n) is 4.40. The molecule has 0 aliphatic heterocycles. The zero-order chi connectivity index (χ0) is 13.0. The van der Waals surface area contributed by atoms with E-state index in [0.29, 0.717) is 17.8 Å². The number of carbonyl (C=O) groups excluding carboxylic acids is 1. The lowest BCUT2D eigenvalue weighted by Gasteiger charge is -2.36. The Bertz CT molecular complexity index is 416. The molecule has 2 N–H and O–H groups in total. The maximum atomic E-state index is 11.5. The molecule has 5 nitrogen and oxygen atoms in total. The molecule has 18 heavy (non-hydrogen) atoms. The number of rotatable bonds is 5. The van der Waals surface area contributed by atoms with Crippen molar-refractivity contribution in [3.8, 4) is 0 Å². The lowest BCUT2D eigenvalue weighted by molar-refractivity contribution is 0.00299. The van der Waals surface area contributed by atoms with Crippen molar-refractivity contribution in [2.75, 3.05) is 19.0 Å². The third-order valence-electron chi connectivity index (χ3n) is 3.09. The third-order valence-corrected chi connectivity index (χ3v) is 3.09. The largest absolute Gasteiger partial charge is 0.382 e. The van der Waals surface area contributed by atoms with Crippen LogP contribution in [0.1, 0.15) is 30.3 Å². The van der Waals surface area contributed by atoms with E-state index in [4.69, 9.17) is 4.74 Å². The number of nitrogens with one attached hydrogen (secondary N) is 2. The van der Waals surface area contributed by atoms with Gasteiger partial charge in [0, 0.05) is 31.6 Å². The number of hydrogen-bond acceptors (Lipinski definition) is 4. The third kappa shape index (κ3) is 2.98. The monoisotopic (exact) mass is 249 g/mol. The predicted molar refractivity (Wildman–Crippen MR) is 69.7 cm³/mol. The van der Waals surface area contributed by atoms with E-state index in [1.54, 1.807) is 19.3 Å². The molecule has 98 valence electrons. The second kappa shape index (κ2) is 5.82. The molecule has 1 aliphatic carbocycles. The van der Waals surface area contributed by atoms with E-state index in [0.717, 1.165) is 25.1 Å². The number of pyridine rings is 1. The molecular formula is C13H19N3O2. The molecule has 5 heteroatoms. The molecule has 0 radical (unpaired) electrons. The Morgan fingerprint density at radius 2 is 2.33 bits per heavy atom. The van der Waals surface area contributed by atoms with Crippen molar-refractivity contribution in [3.05, 3.63) is 24.0 Å². The first-order chi connectivity index (χ1) is 8.72. The summed E-state index contributed by atoms with van der Waals surface area (Å²) in [4.78, 5) is 15.5. The van der Waals surface area contributed by atoms with Gasteiger partial charge >= 0.3 is 0 Å². The molecule has 0 unspecified atom stereocenters. The molecule has 1 amide bonds. The fourth-order valence-electron chi connectivity index (χ4n) is 2.06. The molecule has 1 fully saturated rings. The maximum absolute atomic E-state index is 11.5. The standard InChI is InChI=1S/C13H19N3O2/c1-3-18-11-6-10(7-11)16-9-4-5-15-12(8-9)13(17)14-2/h4-5,8,10-11H,3,6-7H2,1-2H3,(H,14,17)(H,15,16). The molecule has 2 rings (SSSR count). The molecule has 0 atom stereocenters. The van der Waals surface area contributed by atoms with Crippen LogP contribution in [0.25, 0.3) is 0 Å². The fourth-order valence-corrected chi connectivity index (χ4v) is 2.06. The Labute approximate surface area is 107 Å². The van der Waals surface area contributed by atoms with E-state index >= 15 is 0 Å². The average molecular weight is 249 g/mol. The smallest absolute Gasteiger partial charge is 0.269 e. The summed E-state index contributed by atoms with van der Waals surface area (Å²) in [5.74, 6) is -0.167. The van der Waals surface area contributed by atoms with Gasteiger partial charge in [-0.2, -0.15) is 0 Å². The minimum Gasteiger partial charge on any atom is -0.382 e. The van der Waals surface area contributed by atoms with Crippen LogP contribution in [0.3, 0.4) is 0 Å². The zero-order valence-electron chi connectivity index (χ0n) is 10.8. The van der Waals surface area contributed by atoms with E-state index in [2.05, 4.69) is 15.6 Å². The molecule has 1 heterocycles. The lowest BCUT2D eigenvalue weighted by Crippen LogP contribution is -2.40. The van der Waals surface area contributed by atoms with Crippen LogP contribution in [0.15, 0.2) is 18.3 Å². The molecule has 1 aromatic rings. The van der Waals surface area contributed by atoms with Crippen LogP contribution in [-0.2, 0) is 4.74 Å². The van der Waals surface area contributed by atoms with Crippen LogP contribution in [-0.4, -0.2) is 36.7 Å². The maximum Gasteiger partial charge on any atom is 0.269 e. The van der Waals surface area contributed by atoms with E-state index < -0.39 is 0 Å². The van der Waals surface area contributed by atoms with Crippen molar-refractivity contribution in [1.29, 1.82) is 0 Å². The summed E-state index contributed by atoms with van der Waals surface area (Å²) in [6, 6.07) is 4.08. The first-order valence-corrected chi connectivity index (χ1v) is 6.29. The van der Waals surface area contributed by atoms with Crippen molar-refractivity contribution in [2.24, 2.45) is 0 Å². The number of hydrogen-bond donors (Lipinski definition) is 2. The van der Waals surface area contributed by atoms with Crippen molar-refractivity contribution in [3.63, 3.8) is 0 Å². The zero-order valence-corrected chi connectivity index (χ0v) is 10.8. The van der Waals surface area contributed by atoms with Crippen molar-refractivity contribution >= 4 is 11.6 Å². The van der Waals surface area contributed by atoms with Crippen LogP contribution >= 0.6 is 0 Å². The Hall–Kier alpha value is -1.62. The number of anilines is 1. The van der Waals surface area contributed by atoms with Gasteiger partial charge in [0.15, 0.2) is 0 Å². The fraction of sp³-hybridized carbons (Fsp3) is 0.538. The number of aromatic nitrogens is 1. The molecule has 0 aromatic carbocycles. The van der Waals surface area contributed by atoms with Crippen LogP contribution in [0, 0.1) is 0 Å². The molecule has 1 aromatic heterocycles. The van der Waals surface area contributed by atoms with Gasteiger partial charge in [0.1, 0.15) is 5.69 Å². The van der Waals surface area contributed by atoms with Crippen molar-refractivity contribution in [2.45, 2.75) is 31.9 Å². The van der Waals surface area contributed by atoms with E-state index in [1.165, 1.54) is 0 Å². The normalized spacial score (nSPS) is 22.1. The molecule has 1 aliphatic rings. The predicted octanol–water partition coefficient (Wildman–Crippen LogP) is 1.42. The van der Waals surface area contributed by atoms with Crippen LogP contribution < -0.4 is 10.6 Å². The van der Waals surface area contributed by atoms with Crippen molar-refractivity contribution < 1.29 is 9.53 Å². The highest BCUT2D eigenvalue weighted by Crippen LogP contribution is 2.26. The SMILES string of the molecule is CCOC1CC(Nc2ccnc(C(=O)NC)c2)C1. The van der Waals surface area contributed by atoms with E-state index in [1.807, 2.05) is 13.0 Å². The first kappa shape index (κ1) is 12.8. The first-order valence-electron chi connectivity index (χ1n) is 6.29. The van der Waals surface area contributed by atoms with Crippen molar-refractivity contribution in [1.82, 2.24) is 10.3 Å². The Morgan fingerprint density at radius 1 is 1.56 bits per heavy atom. The summed E-state index contributed by atoms with van der Waals surface area (Å²) in [5, 5.41) is 5.95. The highest BCUT2D eigenvalue weighted by molar-refractivity contribution is 5.92. The average Bonchev–Trinajstić information content (AvgIpc) is 2.36. The van der Waals surface area contributed by atoms with E-state index in [-0.39, 0.29) is 5.91 Å². The van der Waals surface area contributed by atoms with Gasteiger partial charge in [-0.1, -0.05) is 0 Å². The topological polar surface area (TPSA) is 63.2 Å². The minimum atomic E-state index is -0.167. The second-order valence-corrected chi connectivity index (χ2v) is 4.40.